The van der Waals surface area contributed by atoms with Crippen LogP contribution in [0.2, 0.25) is 0 Å². The van der Waals surface area contributed by atoms with E-state index in [-0.39, 0.29) is 23.8 Å². The van der Waals surface area contributed by atoms with Crippen molar-refractivity contribution in [2.45, 2.75) is 26.9 Å². The van der Waals surface area contributed by atoms with E-state index in [9.17, 15) is 14.9 Å². The van der Waals surface area contributed by atoms with Gasteiger partial charge in [0.2, 0.25) is 5.91 Å². The molecule has 4 aromatic rings. The van der Waals surface area contributed by atoms with Gasteiger partial charge in [-0.15, -0.1) is 0 Å². The van der Waals surface area contributed by atoms with Crippen LogP contribution in [0.5, 0.6) is 0 Å². The number of nitrogens with one attached hydrogen (secondary N) is 1. The molecule has 152 valence electrons. The van der Waals surface area contributed by atoms with Crippen LogP contribution in [0, 0.1) is 24.0 Å². The van der Waals surface area contributed by atoms with Gasteiger partial charge in [-0.3, -0.25) is 24.3 Å². The van der Waals surface area contributed by atoms with Gasteiger partial charge < -0.3 is 5.32 Å². The Morgan fingerprint density at radius 3 is 2.63 bits per heavy atom. The van der Waals surface area contributed by atoms with E-state index in [2.05, 4.69) is 39.8 Å². The number of fused-ring (bicyclic) bond motifs is 1. The number of anilines is 1. The van der Waals surface area contributed by atoms with Crippen molar-refractivity contribution in [1.29, 1.82) is 0 Å². The summed E-state index contributed by atoms with van der Waals surface area (Å²) in [5.74, 6) is 0.0576. The fraction of sp³-hybridized carbons (Fsp3) is 0.190. The van der Waals surface area contributed by atoms with Crippen molar-refractivity contribution in [3.63, 3.8) is 0 Å². The number of hydrogen-bond donors (Lipinski definition) is 1. The molecule has 0 aliphatic carbocycles. The van der Waals surface area contributed by atoms with E-state index in [1.807, 2.05) is 18.2 Å². The molecule has 0 unspecified atom stereocenters. The van der Waals surface area contributed by atoms with Gasteiger partial charge >= 0.3 is 5.69 Å². The maximum absolute atomic E-state index is 12.4. The van der Waals surface area contributed by atoms with Crippen LogP contribution in [0.3, 0.4) is 0 Å². The van der Waals surface area contributed by atoms with E-state index in [1.165, 1.54) is 4.68 Å². The Morgan fingerprint density at radius 1 is 1.10 bits per heavy atom. The van der Waals surface area contributed by atoms with Gasteiger partial charge in [0.15, 0.2) is 5.82 Å². The molecule has 0 spiro atoms. The quantitative estimate of drug-likeness (QED) is 0.391. The van der Waals surface area contributed by atoms with Crippen molar-refractivity contribution in [2.24, 2.45) is 0 Å². The summed E-state index contributed by atoms with van der Waals surface area (Å²) in [7, 11) is 0. The topological polar surface area (TPSA) is 108 Å². The van der Waals surface area contributed by atoms with Crippen molar-refractivity contribution in [2.75, 3.05) is 5.32 Å². The molecule has 2 aromatic heterocycles. The summed E-state index contributed by atoms with van der Waals surface area (Å²) >= 11 is 0. The van der Waals surface area contributed by atoms with Crippen LogP contribution in [0.15, 0.2) is 54.7 Å². The molecule has 2 heterocycles. The van der Waals surface area contributed by atoms with Gasteiger partial charge in [-0.25, -0.2) is 0 Å². The zero-order chi connectivity index (χ0) is 21.3. The Labute approximate surface area is 172 Å². The molecule has 0 saturated heterocycles. The van der Waals surface area contributed by atoms with E-state index in [4.69, 9.17) is 0 Å². The summed E-state index contributed by atoms with van der Waals surface area (Å²) in [4.78, 5) is 23.0. The highest BCUT2D eigenvalue weighted by molar-refractivity contribution is 5.89. The maximum Gasteiger partial charge on any atom is 0.312 e. The van der Waals surface area contributed by atoms with Gasteiger partial charge in [-0.1, -0.05) is 42.5 Å². The van der Waals surface area contributed by atoms with Gasteiger partial charge in [0.1, 0.15) is 17.9 Å². The average Bonchev–Trinajstić information content (AvgIpc) is 3.25. The minimum absolute atomic E-state index is 0.0674. The van der Waals surface area contributed by atoms with Crippen LogP contribution in [0.4, 0.5) is 11.5 Å². The summed E-state index contributed by atoms with van der Waals surface area (Å²) in [6.07, 6.45) is 1.80. The molecule has 30 heavy (non-hydrogen) atoms. The second kappa shape index (κ2) is 7.78. The van der Waals surface area contributed by atoms with E-state index < -0.39 is 4.92 Å². The number of benzene rings is 2. The normalized spacial score (nSPS) is 11.0. The van der Waals surface area contributed by atoms with Crippen LogP contribution in [0.1, 0.15) is 17.0 Å². The van der Waals surface area contributed by atoms with Crippen LogP contribution >= 0.6 is 0 Å². The summed E-state index contributed by atoms with van der Waals surface area (Å²) < 4.78 is 3.08. The lowest BCUT2D eigenvalue weighted by atomic mass is 10.0. The maximum atomic E-state index is 12.4. The predicted octanol–water partition coefficient (Wildman–Crippen LogP) is 3.44. The number of aromatic nitrogens is 4. The molecule has 0 radical (unpaired) electrons. The SMILES string of the molecule is Cc1nn(CC(=O)Nc2ccn(Cc3cccc4ccccc34)n2)c(C)c1[N+](=O)[O-]. The molecule has 1 amide bonds. The first-order valence-corrected chi connectivity index (χ1v) is 9.40. The van der Waals surface area contributed by atoms with Crippen molar-refractivity contribution in [3.05, 3.63) is 81.8 Å². The number of aryl methyl sites for hydroxylation is 1. The largest absolute Gasteiger partial charge is 0.312 e. The van der Waals surface area contributed by atoms with Crippen molar-refractivity contribution < 1.29 is 9.72 Å². The van der Waals surface area contributed by atoms with E-state index >= 15 is 0 Å². The standard InChI is InChI=1S/C21H20N6O3/c1-14-21(27(29)30)15(2)26(23-14)13-20(28)22-19-10-11-25(24-19)12-17-8-5-7-16-6-3-4-9-18(16)17/h3-11H,12-13H2,1-2H3,(H,22,24,28). The summed E-state index contributed by atoms with van der Waals surface area (Å²) in [5, 5.41) is 24.7. The zero-order valence-corrected chi connectivity index (χ0v) is 16.6. The smallest absolute Gasteiger partial charge is 0.308 e. The molecule has 9 nitrogen and oxygen atoms in total. The Bertz CT molecular complexity index is 1250. The minimum atomic E-state index is -0.485. The molecule has 0 aliphatic rings. The fourth-order valence-electron chi connectivity index (χ4n) is 3.55. The lowest BCUT2D eigenvalue weighted by Crippen LogP contribution is -2.20. The number of carbonyl (C=O) groups is 1. The van der Waals surface area contributed by atoms with Gasteiger partial charge in [-0.2, -0.15) is 10.2 Å². The number of hydrogen-bond acceptors (Lipinski definition) is 5. The fourth-order valence-corrected chi connectivity index (χ4v) is 3.55. The van der Waals surface area contributed by atoms with Crippen molar-refractivity contribution in [3.8, 4) is 0 Å². The van der Waals surface area contributed by atoms with Gasteiger partial charge in [0.25, 0.3) is 0 Å². The van der Waals surface area contributed by atoms with Crippen LogP contribution in [0.25, 0.3) is 10.8 Å². The summed E-state index contributed by atoms with van der Waals surface area (Å²) in [6.45, 7) is 3.57. The third-order valence-corrected chi connectivity index (χ3v) is 4.94. The van der Waals surface area contributed by atoms with Crippen LogP contribution in [-0.4, -0.2) is 30.4 Å². The second-order valence-corrected chi connectivity index (χ2v) is 7.02. The van der Waals surface area contributed by atoms with Crippen LogP contribution in [-0.2, 0) is 17.9 Å². The molecule has 1 N–H and O–H groups in total. The summed E-state index contributed by atoms with van der Waals surface area (Å²) in [6, 6.07) is 16.0. The van der Waals surface area contributed by atoms with Gasteiger partial charge in [0.05, 0.1) is 11.5 Å². The first-order chi connectivity index (χ1) is 14.4. The number of nitro groups is 1. The molecule has 0 fully saturated rings. The molecule has 0 bridgehead atoms. The molecule has 2 aromatic carbocycles. The lowest BCUT2D eigenvalue weighted by Gasteiger charge is -2.07. The average molecular weight is 404 g/mol. The Hall–Kier alpha value is -4.01. The van der Waals surface area contributed by atoms with E-state index in [0.717, 1.165) is 16.3 Å². The second-order valence-electron chi connectivity index (χ2n) is 7.02. The molecule has 9 heteroatoms. The van der Waals surface area contributed by atoms with E-state index in [0.29, 0.717) is 18.1 Å². The first kappa shape index (κ1) is 19.3. The third-order valence-electron chi connectivity index (χ3n) is 4.94. The monoisotopic (exact) mass is 404 g/mol. The van der Waals surface area contributed by atoms with Crippen molar-refractivity contribution in [1.82, 2.24) is 19.6 Å². The molecule has 0 atom stereocenters. The molecule has 0 aliphatic heterocycles. The highest BCUT2D eigenvalue weighted by atomic mass is 16.6. The Morgan fingerprint density at radius 2 is 1.87 bits per heavy atom. The lowest BCUT2D eigenvalue weighted by molar-refractivity contribution is -0.386. The Balaban J connectivity index is 1.45. The number of rotatable bonds is 6. The third kappa shape index (κ3) is 3.77. The van der Waals surface area contributed by atoms with Crippen LogP contribution < -0.4 is 5.32 Å². The highest BCUT2D eigenvalue weighted by Gasteiger charge is 2.22. The van der Waals surface area contributed by atoms with Gasteiger partial charge in [0, 0.05) is 12.3 Å². The molecule has 0 saturated carbocycles. The zero-order valence-electron chi connectivity index (χ0n) is 16.6. The number of amides is 1. The number of nitrogens with zero attached hydrogens (tertiary/aromatic N) is 5. The first-order valence-electron chi connectivity index (χ1n) is 9.40. The molecular formula is C21H20N6O3. The molecule has 4 rings (SSSR count). The predicted molar refractivity (Wildman–Crippen MR) is 112 cm³/mol. The molecular weight excluding hydrogens is 384 g/mol. The van der Waals surface area contributed by atoms with Crippen molar-refractivity contribution >= 4 is 28.2 Å². The van der Waals surface area contributed by atoms with Gasteiger partial charge in [-0.05, 0) is 30.2 Å². The minimum Gasteiger partial charge on any atom is -0.308 e. The number of carbonyl (C=O) groups excluding carboxylic acids is 1. The highest BCUT2D eigenvalue weighted by Crippen LogP contribution is 2.22. The summed E-state index contributed by atoms with van der Waals surface area (Å²) in [5.41, 5.74) is 1.69. The van der Waals surface area contributed by atoms with E-state index in [1.54, 1.807) is 30.8 Å². The Kier molecular flexibility index (Phi) is 5.01.